The maximum absolute atomic E-state index is 13.5. The summed E-state index contributed by atoms with van der Waals surface area (Å²) in [4.78, 5) is 11.9. The van der Waals surface area contributed by atoms with Crippen LogP contribution in [0.4, 0.5) is 8.78 Å². The second-order valence-electron chi connectivity index (χ2n) is 4.02. The van der Waals surface area contributed by atoms with Crippen molar-refractivity contribution >= 4 is 37.8 Å². The predicted molar refractivity (Wildman–Crippen MR) is 79.4 cm³/mol. The van der Waals surface area contributed by atoms with Crippen LogP contribution >= 0.6 is 31.9 Å². The Balaban J connectivity index is 2.13. The van der Waals surface area contributed by atoms with Crippen molar-refractivity contribution in [3.63, 3.8) is 0 Å². The van der Waals surface area contributed by atoms with Gasteiger partial charge >= 0.3 is 0 Å². The summed E-state index contributed by atoms with van der Waals surface area (Å²) in [6, 6.07) is 8.63. The van der Waals surface area contributed by atoms with Crippen LogP contribution in [0.1, 0.15) is 15.9 Å². The number of nitrogens with one attached hydrogen (secondary N) is 1. The lowest BCUT2D eigenvalue weighted by Crippen LogP contribution is -2.24. The zero-order valence-corrected chi connectivity index (χ0v) is 13.3. The van der Waals surface area contributed by atoms with E-state index in [4.69, 9.17) is 0 Å². The van der Waals surface area contributed by atoms with E-state index in [9.17, 15) is 13.6 Å². The molecule has 0 aliphatic heterocycles. The minimum absolute atomic E-state index is 0.0209. The molecule has 0 aromatic heterocycles. The third-order valence-electron chi connectivity index (χ3n) is 2.64. The Hall–Kier alpha value is -1.27. The SMILES string of the molecule is O=C(NCc1cc(Br)ccc1F)c1cccc(F)c1Br. The Morgan fingerprint density at radius 1 is 1.10 bits per heavy atom. The third kappa shape index (κ3) is 3.43. The lowest BCUT2D eigenvalue weighted by Gasteiger charge is -2.08. The molecule has 2 nitrogen and oxygen atoms in total. The summed E-state index contributed by atoms with van der Waals surface area (Å²) in [6.45, 7) is 0.0209. The van der Waals surface area contributed by atoms with Crippen LogP contribution in [-0.2, 0) is 6.54 Å². The highest BCUT2D eigenvalue weighted by molar-refractivity contribution is 9.10. The van der Waals surface area contributed by atoms with Gasteiger partial charge in [0.25, 0.3) is 5.91 Å². The minimum Gasteiger partial charge on any atom is -0.348 e. The summed E-state index contributed by atoms with van der Waals surface area (Å²) in [5.41, 5.74) is 0.514. The molecule has 0 heterocycles. The highest BCUT2D eigenvalue weighted by Crippen LogP contribution is 2.20. The first-order valence-electron chi connectivity index (χ1n) is 5.65. The lowest BCUT2D eigenvalue weighted by atomic mass is 10.2. The van der Waals surface area contributed by atoms with Crippen LogP contribution in [0.15, 0.2) is 45.3 Å². The van der Waals surface area contributed by atoms with Crippen molar-refractivity contribution in [1.29, 1.82) is 0 Å². The Morgan fingerprint density at radius 3 is 2.60 bits per heavy atom. The largest absolute Gasteiger partial charge is 0.348 e. The van der Waals surface area contributed by atoms with Gasteiger partial charge in [-0.25, -0.2) is 8.78 Å². The summed E-state index contributed by atoms with van der Waals surface area (Å²) in [7, 11) is 0. The van der Waals surface area contributed by atoms with Crippen LogP contribution in [0.5, 0.6) is 0 Å². The van der Waals surface area contributed by atoms with Crippen LogP contribution in [0.2, 0.25) is 0 Å². The summed E-state index contributed by atoms with van der Waals surface area (Å²) >= 11 is 6.25. The van der Waals surface area contributed by atoms with Gasteiger partial charge in [-0.05, 0) is 46.3 Å². The molecule has 0 aliphatic rings. The third-order valence-corrected chi connectivity index (χ3v) is 3.94. The molecule has 20 heavy (non-hydrogen) atoms. The first-order valence-corrected chi connectivity index (χ1v) is 7.24. The monoisotopic (exact) mass is 403 g/mol. The van der Waals surface area contributed by atoms with Gasteiger partial charge in [0, 0.05) is 16.6 Å². The molecular formula is C14H9Br2F2NO. The number of carbonyl (C=O) groups is 1. The second-order valence-corrected chi connectivity index (χ2v) is 5.73. The number of hydrogen-bond acceptors (Lipinski definition) is 1. The summed E-state index contributed by atoms with van der Waals surface area (Å²) in [5.74, 6) is -1.41. The van der Waals surface area contributed by atoms with Crippen LogP contribution in [0.25, 0.3) is 0 Å². The smallest absolute Gasteiger partial charge is 0.252 e. The Bertz CT molecular complexity index is 662. The van der Waals surface area contributed by atoms with Crippen molar-refractivity contribution < 1.29 is 13.6 Å². The Kier molecular flexibility index (Phi) is 4.88. The number of benzene rings is 2. The molecule has 1 amide bonds. The molecule has 2 rings (SSSR count). The van der Waals surface area contributed by atoms with E-state index in [-0.39, 0.29) is 16.6 Å². The van der Waals surface area contributed by atoms with Crippen molar-refractivity contribution in [2.24, 2.45) is 0 Å². The zero-order chi connectivity index (χ0) is 14.7. The molecular weight excluding hydrogens is 396 g/mol. The van der Waals surface area contributed by atoms with Crippen molar-refractivity contribution in [2.75, 3.05) is 0 Å². The van der Waals surface area contributed by atoms with Crippen LogP contribution < -0.4 is 5.32 Å². The molecule has 0 unspecified atom stereocenters. The van der Waals surface area contributed by atoms with Gasteiger partial charge in [0.1, 0.15) is 11.6 Å². The Morgan fingerprint density at radius 2 is 1.85 bits per heavy atom. The van der Waals surface area contributed by atoms with Gasteiger partial charge < -0.3 is 5.32 Å². The molecule has 0 aliphatic carbocycles. The number of hydrogen-bond donors (Lipinski definition) is 1. The number of carbonyl (C=O) groups excluding carboxylic acids is 1. The number of amides is 1. The van der Waals surface area contributed by atoms with Gasteiger partial charge in [-0.3, -0.25) is 4.79 Å². The molecule has 2 aromatic rings. The molecule has 104 valence electrons. The summed E-state index contributed by atoms with van der Waals surface area (Å²) in [6.07, 6.45) is 0. The standard InChI is InChI=1S/C14H9Br2F2NO/c15-9-4-5-11(17)8(6-9)7-19-14(20)10-2-1-3-12(18)13(10)16/h1-6H,7H2,(H,19,20). The first kappa shape index (κ1) is 15.1. The molecule has 0 bridgehead atoms. The molecule has 0 saturated heterocycles. The van der Waals surface area contributed by atoms with E-state index >= 15 is 0 Å². The fourth-order valence-corrected chi connectivity index (χ4v) is 2.48. The summed E-state index contributed by atoms with van der Waals surface area (Å²) < 4.78 is 27.7. The van der Waals surface area contributed by atoms with Crippen LogP contribution in [0.3, 0.4) is 0 Å². The van der Waals surface area contributed by atoms with Gasteiger partial charge in [0.15, 0.2) is 0 Å². The second kappa shape index (κ2) is 6.45. The zero-order valence-electron chi connectivity index (χ0n) is 10.1. The Labute approximate surface area is 131 Å². The van der Waals surface area contributed by atoms with Crippen LogP contribution in [0, 0.1) is 11.6 Å². The normalized spacial score (nSPS) is 10.4. The quantitative estimate of drug-likeness (QED) is 0.805. The maximum atomic E-state index is 13.5. The molecule has 0 atom stereocenters. The van der Waals surface area contributed by atoms with Gasteiger partial charge in [-0.15, -0.1) is 0 Å². The molecule has 0 fully saturated rings. The topological polar surface area (TPSA) is 29.1 Å². The average molecular weight is 405 g/mol. The van der Waals surface area contributed by atoms with E-state index < -0.39 is 17.5 Å². The summed E-state index contributed by atoms with van der Waals surface area (Å²) in [5, 5.41) is 2.55. The fraction of sp³-hybridized carbons (Fsp3) is 0.0714. The first-order chi connectivity index (χ1) is 9.49. The van der Waals surface area contributed by atoms with Crippen molar-refractivity contribution in [3.8, 4) is 0 Å². The van der Waals surface area contributed by atoms with Crippen molar-refractivity contribution in [2.45, 2.75) is 6.54 Å². The minimum atomic E-state index is -0.522. The van der Waals surface area contributed by atoms with E-state index in [0.717, 1.165) is 4.47 Å². The van der Waals surface area contributed by atoms with E-state index in [2.05, 4.69) is 37.2 Å². The van der Waals surface area contributed by atoms with Gasteiger partial charge in [0.2, 0.25) is 0 Å². The van der Waals surface area contributed by atoms with Gasteiger partial charge in [-0.2, -0.15) is 0 Å². The molecule has 0 spiro atoms. The molecule has 6 heteroatoms. The number of rotatable bonds is 3. The number of halogens is 4. The fourth-order valence-electron chi connectivity index (χ4n) is 1.63. The van der Waals surface area contributed by atoms with E-state index in [1.807, 2.05) is 0 Å². The van der Waals surface area contributed by atoms with E-state index in [1.165, 1.54) is 24.3 Å². The predicted octanol–water partition coefficient (Wildman–Crippen LogP) is 4.42. The average Bonchev–Trinajstić information content (AvgIpc) is 2.42. The highest BCUT2D eigenvalue weighted by atomic mass is 79.9. The molecule has 1 N–H and O–H groups in total. The van der Waals surface area contributed by atoms with Crippen molar-refractivity contribution in [3.05, 3.63) is 68.1 Å². The highest BCUT2D eigenvalue weighted by Gasteiger charge is 2.13. The van der Waals surface area contributed by atoms with E-state index in [1.54, 1.807) is 12.1 Å². The van der Waals surface area contributed by atoms with E-state index in [0.29, 0.717) is 5.56 Å². The van der Waals surface area contributed by atoms with Gasteiger partial charge in [0.05, 0.1) is 10.0 Å². The lowest BCUT2D eigenvalue weighted by molar-refractivity contribution is 0.0949. The van der Waals surface area contributed by atoms with Gasteiger partial charge in [-0.1, -0.05) is 22.0 Å². The molecule has 2 aromatic carbocycles. The molecule has 0 saturated carbocycles. The maximum Gasteiger partial charge on any atom is 0.252 e. The van der Waals surface area contributed by atoms with Crippen molar-refractivity contribution in [1.82, 2.24) is 5.32 Å². The molecule has 0 radical (unpaired) electrons. The van der Waals surface area contributed by atoms with Crippen LogP contribution in [-0.4, -0.2) is 5.91 Å².